The van der Waals surface area contributed by atoms with Crippen molar-refractivity contribution in [3.63, 3.8) is 0 Å². The zero-order chi connectivity index (χ0) is 20.7. The highest BCUT2D eigenvalue weighted by Gasteiger charge is 2.51. The molecule has 6 nitrogen and oxygen atoms in total. The smallest absolute Gasteiger partial charge is 0.399 e. The summed E-state index contributed by atoms with van der Waals surface area (Å²) in [6, 6.07) is 11.6. The van der Waals surface area contributed by atoms with E-state index >= 15 is 0 Å². The molecule has 0 atom stereocenters. The lowest BCUT2D eigenvalue weighted by molar-refractivity contribution is 0.00578. The Morgan fingerprint density at radius 1 is 1.00 bits per heavy atom. The minimum Gasteiger partial charge on any atom is -0.399 e. The lowest BCUT2D eigenvalue weighted by atomic mass is 9.78. The van der Waals surface area contributed by atoms with Crippen LogP contribution in [-0.2, 0) is 25.9 Å². The number of rotatable bonds is 5. The number of sulfonamides is 1. The number of anilines is 1. The fourth-order valence-corrected chi connectivity index (χ4v) is 3.99. The predicted octanol–water partition coefficient (Wildman–Crippen LogP) is 2.59. The van der Waals surface area contributed by atoms with Gasteiger partial charge in [-0.2, -0.15) is 0 Å². The number of hydrogen-bond donors (Lipinski definition) is 2. The minimum atomic E-state index is -3.76. The number of aryl methyl sites for hydroxylation is 1. The van der Waals surface area contributed by atoms with Crippen LogP contribution in [0.5, 0.6) is 0 Å². The summed E-state index contributed by atoms with van der Waals surface area (Å²) in [6.07, 6.45) is 0. The summed E-state index contributed by atoms with van der Waals surface area (Å²) in [5.41, 5.74) is 1.50. The molecule has 1 aliphatic rings. The van der Waals surface area contributed by atoms with Gasteiger partial charge in [0.05, 0.1) is 28.4 Å². The van der Waals surface area contributed by atoms with Gasteiger partial charge in [0, 0.05) is 5.56 Å². The molecule has 2 aromatic rings. The van der Waals surface area contributed by atoms with E-state index in [0.717, 1.165) is 11.0 Å². The van der Waals surface area contributed by atoms with Crippen molar-refractivity contribution in [2.75, 3.05) is 4.72 Å². The highest BCUT2D eigenvalue weighted by Crippen LogP contribution is 2.36. The van der Waals surface area contributed by atoms with E-state index in [4.69, 9.17) is 9.31 Å². The van der Waals surface area contributed by atoms with Crippen LogP contribution in [0.25, 0.3) is 0 Å². The maximum absolute atomic E-state index is 12.7. The van der Waals surface area contributed by atoms with Crippen molar-refractivity contribution in [2.24, 2.45) is 0 Å². The first kappa shape index (κ1) is 20.9. The Balaban J connectivity index is 1.87. The standard InChI is InChI=1S/C20H26BNO5S/c1-14-6-9-17(10-7-14)28(24,25)22-18-11-8-16(12-15(18)13-23)21-26-19(2,3)20(4,5)27-21/h6-12,22-23H,13H2,1-5H3. The van der Waals surface area contributed by atoms with Gasteiger partial charge in [-0.15, -0.1) is 0 Å². The molecule has 0 unspecified atom stereocenters. The van der Waals surface area contributed by atoms with Gasteiger partial charge in [-0.1, -0.05) is 29.8 Å². The first-order chi connectivity index (χ1) is 12.9. The van der Waals surface area contributed by atoms with Crippen molar-refractivity contribution in [3.05, 3.63) is 53.6 Å². The summed E-state index contributed by atoms with van der Waals surface area (Å²) < 4.78 is 39.9. The van der Waals surface area contributed by atoms with Crippen LogP contribution < -0.4 is 10.2 Å². The Bertz CT molecular complexity index is 955. The highest BCUT2D eigenvalue weighted by molar-refractivity contribution is 7.92. The topological polar surface area (TPSA) is 84.9 Å². The normalized spacial score (nSPS) is 18.3. The molecule has 0 aromatic heterocycles. The second-order valence-corrected chi connectivity index (χ2v) is 9.76. The van der Waals surface area contributed by atoms with Gasteiger partial charge in [-0.05, 0) is 58.3 Å². The average Bonchev–Trinajstić information content (AvgIpc) is 2.83. The van der Waals surface area contributed by atoms with Crippen molar-refractivity contribution in [3.8, 4) is 0 Å². The molecule has 0 saturated carbocycles. The van der Waals surface area contributed by atoms with Gasteiger partial charge in [0.1, 0.15) is 0 Å². The van der Waals surface area contributed by atoms with Crippen molar-refractivity contribution in [1.29, 1.82) is 0 Å². The van der Waals surface area contributed by atoms with E-state index in [1.807, 2.05) is 34.6 Å². The van der Waals surface area contributed by atoms with Crippen LogP contribution in [0.15, 0.2) is 47.4 Å². The van der Waals surface area contributed by atoms with Crippen LogP contribution in [-0.4, -0.2) is 31.8 Å². The Kier molecular flexibility index (Phi) is 5.35. The van der Waals surface area contributed by atoms with Crippen molar-refractivity contribution < 1.29 is 22.8 Å². The molecule has 0 bridgehead atoms. The SMILES string of the molecule is Cc1ccc(S(=O)(=O)Nc2ccc(B3OC(C)(C)C(C)(C)O3)cc2CO)cc1. The molecular weight excluding hydrogens is 377 g/mol. The number of benzene rings is 2. The van der Waals surface area contributed by atoms with Crippen molar-refractivity contribution >= 4 is 28.3 Å². The molecule has 0 aliphatic carbocycles. The molecule has 1 fully saturated rings. The average molecular weight is 403 g/mol. The molecule has 2 aromatic carbocycles. The van der Waals surface area contributed by atoms with Gasteiger partial charge in [0.15, 0.2) is 0 Å². The summed E-state index contributed by atoms with van der Waals surface area (Å²) >= 11 is 0. The zero-order valence-electron chi connectivity index (χ0n) is 16.8. The van der Waals surface area contributed by atoms with E-state index in [9.17, 15) is 13.5 Å². The van der Waals surface area contributed by atoms with Crippen LogP contribution in [0.3, 0.4) is 0 Å². The monoisotopic (exact) mass is 403 g/mol. The van der Waals surface area contributed by atoms with E-state index in [1.165, 1.54) is 0 Å². The Morgan fingerprint density at radius 2 is 1.57 bits per heavy atom. The molecule has 1 aliphatic heterocycles. The Morgan fingerprint density at radius 3 is 2.11 bits per heavy atom. The molecule has 150 valence electrons. The summed E-state index contributed by atoms with van der Waals surface area (Å²) in [6.45, 7) is 9.42. The van der Waals surface area contributed by atoms with E-state index in [1.54, 1.807) is 42.5 Å². The first-order valence-electron chi connectivity index (χ1n) is 9.14. The molecule has 3 rings (SSSR count). The Labute approximate surface area is 167 Å². The summed E-state index contributed by atoms with van der Waals surface area (Å²) in [5, 5.41) is 9.78. The number of hydrogen-bond acceptors (Lipinski definition) is 5. The quantitative estimate of drug-likeness (QED) is 0.750. The molecular formula is C20H26BNO5S. The molecule has 1 saturated heterocycles. The lowest BCUT2D eigenvalue weighted by Crippen LogP contribution is -2.41. The largest absolute Gasteiger partial charge is 0.494 e. The predicted molar refractivity (Wildman–Crippen MR) is 110 cm³/mol. The molecule has 0 amide bonds. The van der Waals surface area contributed by atoms with Crippen LogP contribution in [0.2, 0.25) is 0 Å². The number of aliphatic hydroxyl groups excluding tert-OH is 1. The van der Waals surface area contributed by atoms with Gasteiger partial charge < -0.3 is 14.4 Å². The summed E-state index contributed by atoms with van der Waals surface area (Å²) in [7, 11) is -4.34. The maximum Gasteiger partial charge on any atom is 0.494 e. The van der Waals surface area contributed by atoms with Crippen molar-refractivity contribution in [2.45, 2.75) is 57.3 Å². The van der Waals surface area contributed by atoms with Crippen molar-refractivity contribution in [1.82, 2.24) is 0 Å². The van der Waals surface area contributed by atoms with Gasteiger partial charge in [0.25, 0.3) is 10.0 Å². The van der Waals surface area contributed by atoms with Crippen LogP contribution in [0.4, 0.5) is 5.69 Å². The van der Waals surface area contributed by atoms with E-state index in [-0.39, 0.29) is 11.5 Å². The second-order valence-electron chi connectivity index (χ2n) is 8.08. The Hall–Kier alpha value is -1.87. The first-order valence-corrected chi connectivity index (χ1v) is 10.6. The summed E-state index contributed by atoms with van der Waals surface area (Å²) in [4.78, 5) is 0.164. The minimum absolute atomic E-state index is 0.164. The maximum atomic E-state index is 12.7. The lowest BCUT2D eigenvalue weighted by Gasteiger charge is -2.32. The fourth-order valence-electron chi connectivity index (χ4n) is 2.89. The molecule has 2 N–H and O–H groups in total. The van der Waals surface area contributed by atoms with E-state index in [2.05, 4.69) is 4.72 Å². The molecule has 8 heteroatoms. The van der Waals surface area contributed by atoms with Gasteiger partial charge in [-0.25, -0.2) is 8.42 Å². The second kappa shape index (κ2) is 7.19. The van der Waals surface area contributed by atoms with Crippen LogP contribution in [0.1, 0.15) is 38.8 Å². The van der Waals surface area contributed by atoms with Gasteiger partial charge >= 0.3 is 7.12 Å². The van der Waals surface area contributed by atoms with Gasteiger partial charge in [0.2, 0.25) is 0 Å². The van der Waals surface area contributed by atoms with Crippen LogP contribution in [0, 0.1) is 6.92 Å². The van der Waals surface area contributed by atoms with E-state index < -0.39 is 28.3 Å². The third-order valence-corrected chi connectivity index (χ3v) is 6.78. The third kappa shape index (κ3) is 3.96. The van der Waals surface area contributed by atoms with E-state index in [0.29, 0.717) is 11.3 Å². The number of nitrogens with one attached hydrogen (secondary N) is 1. The summed E-state index contributed by atoms with van der Waals surface area (Å²) in [5.74, 6) is 0. The molecule has 1 heterocycles. The third-order valence-electron chi connectivity index (χ3n) is 5.40. The van der Waals surface area contributed by atoms with Crippen LogP contribution >= 0.6 is 0 Å². The zero-order valence-corrected chi connectivity index (χ0v) is 17.6. The molecule has 28 heavy (non-hydrogen) atoms. The number of aliphatic hydroxyl groups is 1. The molecule has 0 spiro atoms. The van der Waals surface area contributed by atoms with Gasteiger partial charge in [-0.3, -0.25) is 4.72 Å². The molecule has 0 radical (unpaired) electrons. The fraction of sp³-hybridized carbons (Fsp3) is 0.400. The highest BCUT2D eigenvalue weighted by atomic mass is 32.2.